The zero-order chi connectivity index (χ0) is 22.7. The fourth-order valence-electron chi connectivity index (χ4n) is 3.06. The maximum Gasteiger partial charge on any atom is 0.266 e. The molecule has 0 atom stereocenters. The van der Waals surface area contributed by atoms with Crippen LogP contribution in [0, 0.1) is 11.6 Å². The van der Waals surface area contributed by atoms with Crippen molar-refractivity contribution >= 4 is 56.2 Å². The molecular formula is C24H16BrF2NO2S2. The van der Waals surface area contributed by atoms with Crippen molar-refractivity contribution in [1.82, 2.24) is 4.90 Å². The first-order valence-electron chi connectivity index (χ1n) is 9.55. The van der Waals surface area contributed by atoms with Gasteiger partial charge in [0.05, 0.1) is 11.4 Å². The molecule has 162 valence electrons. The Bertz CT molecular complexity index is 1200. The predicted octanol–water partition coefficient (Wildman–Crippen LogP) is 6.71. The lowest BCUT2D eigenvalue weighted by Crippen LogP contribution is -2.27. The molecule has 4 rings (SSSR count). The van der Waals surface area contributed by atoms with Crippen LogP contribution in [0.5, 0.6) is 5.75 Å². The van der Waals surface area contributed by atoms with Gasteiger partial charge in [0, 0.05) is 10.0 Å². The lowest BCUT2D eigenvalue weighted by atomic mass is 10.1. The second kappa shape index (κ2) is 9.94. The number of hydrogen-bond acceptors (Lipinski definition) is 4. The number of carbonyl (C=O) groups is 1. The Balaban J connectivity index is 1.54. The Morgan fingerprint density at radius 3 is 2.25 bits per heavy atom. The van der Waals surface area contributed by atoms with Gasteiger partial charge in [0.1, 0.15) is 28.3 Å². The highest BCUT2D eigenvalue weighted by molar-refractivity contribution is 9.10. The highest BCUT2D eigenvalue weighted by atomic mass is 79.9. The van der Waals surface area contributed by atoms with Crippen LogP contribution < -0.4 is 4.74 Å². The van der Waals surface area contributed by atoms with E-state index in [0.717, 1.165) is 15.6 Å². The molecule has 0 aromatic heterocycles. The molecule has 1 aliphatic rings. The third kappa shape index (κ3) is 5.43. The van der Waals surface area contributed by atoms with Gasteiger partial charge in [0.15, 0.2) is 0 Å². The van der Waals surface area contributed by atoms with Crippen LogP contribution in [-0.2, 0) is 17.9 Å². The van der Waals surface area contributed by atoms with E-state index in [1.807, 2.05) is 12.1 Å². The molecular weight excluding hydrogens is 516 g/mol. The van der Waals surface area contributed by atoms with Crippen molar-refractivity contribution in [1.29, 1.82) is 0 Å². The first kappa shape index (κ1) is 22.6. The normalized spacial score (nSPS) is 15.0. The fourth-order valence-corrected chi connectivity index (χ4v) is 4.68. The molecule has 0 bridgehead atoms. The van der Waals surface area contributed by atoms with Crippen molar-refractivity contribution < 1.29 is 18.3 Å². The molecule has 0 radical (unpaired) electrons. The zero-order valence-electron chi connectivity index (χ0n) is 16.6. The number of rotatable bonds is 6. The van der Waals surface area contributed by atoms with Gasteiger partial charge in [-0.05, 0) is 59.7 Å². The summed E-state index contributed by atoms with van der Waals surface area (Å²) in [5, 5.41) is 0. The summed E-state index contributed by atoms with van der Waals surface area (Å²) in [6, 6.07) is 17.6. The van der Waals surface area contributed by atoms with Crippen LogP contribution in [-0.4, -0.2) is 15.1 Å². The van der Waals surface area contributed by atoms with Crippen LogP contribution in [0.3, 0.4) is 0 Å². The number of halogens is 3. The maximum absolute atomic E-state index is 13.2. The molecule has 0 saturated carbocycles. The van der Waals surface area contributed by atoms with Gasteiger partial charge in [-0.1, -0.05) is 64.2 Å². The van der Waals surface area contributed by atoms with Gasteiger partial charge in [-0.3, -0.25) is 9.69 Å². The van der Waals surface area contributed by atoms with Crippen molar-refractivity contribution in [3.05, 3.63) is 104 Å². The van der Waals surface area contributed by atoms with Crippen LogP contribution in [0.1, 0.15) is 16.7 Å². The second-order valence-corrected chi connectivity index (χ2v) is 9.58. The van der Waals surface area contributed by atoms with E-state index >= 15 is 0 Å². The Hall–Kier alpha value is -2.55. The average molecular weight is 532 g/mol. The van der Waals surface area contributed by atoms with Gasteiger partial charge in [0.25, 0.3) is 5.91 Å². The SMILES string of the molecule is O=C1/C(=C/c2cc(Br)ccc2OCc2ccc(F)cc2)SC(=S)N1Cc1ccc(F)cc1. The molecule has 0 aliphatic carbocycles. The van der Waals surface area contributed by atoms with Gasteiger partial charge < -0.3 is 4.74 Å². The minimum Gasteiger partial charge on any atom is -0.488 e. The summed E-state index contributed by atoms with van der Waals surface area (Å²) in [6.07, 6.45) is 1.74. The van der Waals surface area contributed by atoms with Crippen LogP contribution in [0.15, 0.2) is 76.1 Å². The third-order valence-electron chi connectivity index (χ3n) is 4.69. The van der Waals surface area contributed by atoms with E-state index in [0.29, 0.717) is 20.5 Å². The minimum absolute atomic E-state index is 0.214. The standard InChI is InChI=1S/C24H16BrF2NO2S2/c25-18-5-10-21(30-14-16-3-8-20(27)9-4-16)17(11-18)12-22-23(29)28(24(31)32-22)13-15-1-6-19(26)7-2-15/h1-12H,13-14H2/b22-12-. The molecule has 32 heavy (non-hydrogen) atoms. The van der Waals surface area contributed by atoms with Crippen molar-refractivity contribution in [2.24, 2.45) is 0 Å². The molecule has 1 saturated heterocycles. The summed E-state index contributed by atoms with van der Waals surface area (Å²) in [7, 11) is 0. The monoisotopic (exact) mass is 531 g/mol. The van der Waals surface area contributed by atoms with E-state index in [-0.39, 0.29) is 30.7 Å². The number of hydrogen-bond donors (Lipinski definition) is 0. The van der Waals surface area contributed by atoms with Gasteiger partial charge in [-0.15, -0.1) is 0 Å². The van der Waals surface area contributed by atoms with E-state index in [4.69, 9.17) is 17.0 Å². The molecule has 1 fully saturated rings. The molecule has 1 aliphatic heterocycles. The number of benzene rings is 3. The van der Waals surface area contributed by atoms with Crippen LogP contribution >= 0.6 is 39.9 Å². The molecule has 8 heteroatoms. The largest absolute Gasteiger partial charge is 0.488 e. The highest BCUT2D eigenvalue weighted by Gasteiger charge is 2.32. The van der Waals surface area contributed by atoms with Gasteiger partial charge in [-0.25, -0.2) is 8.78 Å². The Labute approximate surface area is 202 Å². The van der Waals surface area contributed by atoms with Crippen LogP contribution in [0.2, 0.25) is 0 Å². The summed E-state index contributed by atoms with van der Waals surface area (Å²) in [4.78, 5) is 15.0. The first-order valence-corrected chi connectivity index (χ1v) is 11.6. The van der Waals surface area contributed by atoms with Crippen LogP contribution in [0.25, 0.3) is 6.08 Å². The smallest absolute Gasteiger partial charge is 0.266 e. The number of carbonyl (C=O) groups excluding carboxylic acids is 1. The molecule has 0 unspecified atom stereocenters. The number of thiocarbonyl (C=S) groups is 1. The zero-order valence-corrected chi connectivity index (χ0v) is 19.8. The van der Waals surface area contributed by atoms with Crippen molar-refractivity contribution in [3.63, 3.8) is 0 Å². The summed E-state index contributed by atoms with van der Waals surface area (Å²) in [5.41, 5.74) is 2.32. The van der Waals surface area contributed by atoms with Crippen molar-refractivity contribution in [2.45, 2.75) is 13.2 Å². The van der Waals surface area contributed by atoms with E-state index in [2.05, 4.69) is 15.9 Å². The van der Waals surface area contributed by atoms with Crippen molar-refractivity contribution in [3.8, 4) is 5.75 Å². The van der Waals surface area contributed by atoms with Crippen molar-refractivity contribution in [2.75, 3.05) is 0 Å². The molecule has 3 aromatic rings. The second-order valence-electron chi connectivity index (χ2n) is 6.99. The van der Waals surface area contributed by atoms with Gasteiger partial charge in [0.2, 0.25) is 0 Å². The number of thioether (sulfide) groups is 1. The summed E-state index contributed by atoms with van der Waals surface area (Å²) in [6.45, 7) is 0.531. The van der Waals surface area contributed by atoms with E-state index < -0.39 is 0 Å². The molecule has 3 nitrogen and oxygen atoms in total. The Morgan fingerprint density at radius 2 is 1.59 bits per heavy atom. The predicted molar refractivity (Wildman–Crippen MR) is 130 cm³/mol. The maximum atomic E-state index is 13.2. The topological polar surface area (TPSA) is 29.5 Å². The third-order valence-corrected chi connectivity index (χ3v) is 6.56. The molecule has 0 spiro atoms. The minimum atomic E-state index is -0.332. The van der Waals surface area contributed by atoms with Gasteiger partial charge >= 0.3 is 0 Å². The lowest BCUT2D eigenvalue weighted by Gasteiger charge is -2.14. The fraction of sp³-hybridized carbons (Fsp3) is 0.0833. The van der Waals surface area contributed by atoms with E-state index in [9.17, 15) is 13.6 Å². The lowest BCUT2D eigenvalue weighted by molar-refractivity contribution is -0.122. The summed E-state index contributed by atoms with van der Waals surface area (Å²) in [5.74, 6) is -0.266. The van der Waals surface area contributed by atoms with Crippen LogP contribution in [0.4, 0.5) is 8.78 Å². The summed E-state index contributed by atoms with van der Waals surface area (Å²) >= 11 is 10.1. The summed E-state index contributed by atoms with van der Waals surface area (Å²) < 4.78 is 33.5. The first-order chi connectivity index (χ1) is 15.4. The number of amides is 1. The number of ether oxygens (including phenoxy) is 1. The highest BCUT2D eigenvalue weighted by Crippen LogP contribution is 2.36. The van der Waals surface area contributed by atoms with E-state index in [1.54, 1.807) is 36.4 Å². The average Bonchev–Trinajstić information content (AvgIpc) is 3.03. The van der Waals surface area contributed by atoms with E-state index in [1.165, 1.54) is 40.9 Å². The molecule has 3 aromatic carbocycles. The van der Waals surface area contributed by atoms with Gasteiger partial charge in [-0.2, -0.15) is 0 Å². The molecule has 1 heterocycles. The Kier molecular flexibility index (Phi) is 7.03. The Morgan fingerprint density at radius 1 is 0.969 bits per heavy atom. The molecule has 0 N–H and O–H groups in total. The number of nitrogens with zero attached hydrogens (tertiary/aromatic N) is 1. The quantitative estimate of drug-likeness (QED) is 0.261. The molecule has 1 amide bonds.